The molecule has 0 fully saturated rings. The lowest BCUT2D eigenvalue weighted by atomic mass is 10.1. The highest BCUT2D eigenvalue weighted by Crippen LogP contribution is 2.17. The zero-order valence-electron chi connectivity index (χ0n) is 17.2. The second-order valence-electron chi connectivity index (χ2n) is 7.37. The number of ether oxygens (including phenoxy) is 1. The van der Waals surface area contributed by atoms with E-state index in [1.165, 1.54) is 22.3 Å². The number of nitrogens with one attached hydrogen (secondary N) is 1. The Morgan fingerprint density at radius 3 is 2.23 bits per heavy atom. The molecule has 0 aliphatic rings. The van der Waals surface area contributed by atoms with Crippen LogP contribution in [0.2, 0.25) is 0 Å². The van der Waals surface area contributed by atoms with Crippen molar-refractivity contribution in [3.63, 3.8) is 0 Å². The molecule has 0 aliphatic carbocycles. The average Bonchev–Trinajstić information content (AvgIpc) is 2.71. The minimum absolute atomic E-state index is 0.215. The Morgan fingerprint density at radius 1 is 0.933 bits per heavy atom. The molecule has 0 aliphatic heterocycles. The summed E-state index contributed by atoms with van der Waals surface area (Å²) in [5.74, 6) is 2.14. The SMILES string of the molecule is C#Cc1cc(Br)cc(C(=O)OCc2ccc(CNCc3cc(C)cc(C)c3)cc2)c1. The molecule has 3 aromatic carbocycles. The van der Waals surface area contributed by atoms with E-state index in [0.717, 1.165) is 23.1 Å². The monoisotopic (exact) mass is 461 g/mol. The van der Waals surface area contributed by atoms with Crippen LogP contribution in [0.25, 0.3) is 0 Å². The maximum Gasteiger partial charge on any atom is 0.338 e. The number of halogens is 1. The van der Waals surface area contributed by atoms with Crippen molar-refractivity contribution in [3.8, 4) is 12.3 Å². The van der Waals surface area contributed by atoms with Gasteiger partial charge >= 0.3 is 5.97 Å². The van der Waals surface area contributed by atoms with E-state index in [1.54, 1.807) is 18.2 Å². The van der Waals surface area contributed by atoms with Gasteiger partial charge in [0.15, 0.2) is 0 Å². The zero-order chi connectivity index (χ0) is 21.5. The first-order valence-corrected chi connectivity index (χ1v) is 10.5. The van der Waals surface area contributed by atoms with Gasteiger partial charge in [0.05, 0.1) is 5.56 Å². The minimum Gasteiger partial charge on any atom is -0.457 e. The average molecular weight is 462 g/mol. The van der Waals surface area contributed by atoms with Crippen LogP contribution in [0.4, 0.5) is 0 Å². The van der Waals surface area contributed by atoms with Crippen LogP contribution in [0.5, 0.6) is 0 Å². The molecular weight excluding hydrogens is 438 g/mol. The highest BCUT2D eigenvalue weighted by atomic mass is 79.9. The highest BCUT2D eigenvalue weighted by Gasteiger charge is 2.09. The fourth-order valence-electron chi connectivity index (χ4n) is 3.30. The number of hydrogen-bond donors (Lipinski definition) is 1. The summed E-state index contributed by atoms with van der Waals surface area (Å²) < 4.78 is 6.18. The quantitative estimate of drug-likeness (QED) is 0.362. The van der Waals surface area contributed by atoms with Crippen molar-refractivity contribution in [2.45, 2.75) is 33.5 Å². The maximum atomic E-state index is 12.3. The largest absolute Gasteiger partial charge is 0.457 e. The first-order chi connectivity index (χ1) is 14.4. The number of aryl methyl sites for hydroxylation is 2. The van der Waals surface area contributed by atoms with Crippen molar-refractivity contribution in [2.75, 3.05) is 0 Å². The van der Waals surface area contributed by atoms with Crippen LogP contribution in [-0.2, 0) is 24.4 Å². The summed E-state index contributed by atoms with van der Waals surface area (Å²) in [4.78, 5) is 12.3. The van der Waals surface area contributed by atoms with Gasteiger partial charge in [-0.05, 0) is 48.7 Å². The number of carbonyl (C=O) groups excluding carboxylic acids is 1. The Balaban J connectivity index is 1.50. The lowest BCUT2D eigenvalue weighted by Gasteiger charge is -2.09. The van der Waals surface area contributed by atoms with Crippen LogP contribution in [0.3, 0.4) is 0 Å². The molecular formula is C26H24BrNO2. The molecule has 3 rings (SSSR count). The summed E-state index contributed by atoms with van der Waals surface area (Å²) in [6, 6.07) is 19.8. The zero-order valence-corrected chi connectivity index (χ0v) is 18.8. The lowest BCUT2D eigenvalue weighted by Crippen LogP contribution is -2.13. The molecule has 3 nitrogen and oxygen atoms in total. The Labute approximate surface area is 186 Å². The molecule has 152 valence electrons. The maximum absolute atomic E-state index is 12.3. The van der Waals surface area contributed by atoms with Crippen LogP contribution < -0.4 is 5.32 Å². The van der Waals surface area contributed by atoms with Crippen LogP contribution in [0.15, 0.2) is 65.1 Å². The number of hydrogen-bond acceptors (Lipinski definition) is 3. The Bertz CT molecular complexity index is 1060. The van der Waals surface area contributed by atoms with E-state index < -0.39 is 5.97 Å². The van der Waals surface area contributed by atoms with Gasteiger partial charge in [-0.1, -0.05) is 75.4 Å². The van der Waals surface area contributed by atoms with E-state index in [1.807, 2.05) is 24.3 Å². The van der Waals surface area contributed by atoms with Crippen molar-refractivity contribution in [2.24, 2.45) is 0 Å². The summed E-state index contributed by atoms with van der Waals surface area (Å²) in [6.07, 6.45) is 5.42. The molecule has 0 spiro atoms. The van der Waals surface area contributed by atoms with Gasteiger partial charge in [0.2, 0.25) is 0 Å². The predicted octanol–water partition coefficient (Wildman–Crippen LogP) is 5.69. The molecule has 0 atom stereocenters. The third-order valence-electron chi connectivity index (χ3n) is 4.63. The molecule has 1 N–H and O–H groups in total. The van der Waals surface area contributed by atoms with Crippen molar-refractivity contribution in [3.05, 3.63) is 104 Å². The van der Waals surface area contributed by atoms with Gasteiger partial charge in [-0.3, -0.25) is 0 Å². The predicted molar refractivity (Wildman–Crippen MR) is 124 cm³/mol. The van der Waals surface area contributed by atoms with Crippen molar-refractivity contribution >= 4 is 21.9 Å². The van der Waals surface area contributed by atoms with Crippen molar-refractivity contribution < 1.29 is 9.53 Å². The number of esters is 1. The van der Waals surface area contributed by atoms with E-state index in [-0.39, 0.29) is 6.61 Å². The summed E-state index contributed by atoms with van der Waals surface area (Å²) in [7, 11) is 0. The second kappa shape index (κ2) is 10.2. The standard InChI is InChI=1S/C26H24BrNO2/c1-4-20-12-24(14-25(27)13-20)26(29)30-17-22-7-5-21(6-8-22)15-28-16-23-10-18(2)9-19(3)11-23/h1,5-14,28H,15-17H2,2-3H3. The fraction of sp³-hybridized carbons (Fsp3) is 0.192. The Morgan fingerprint density at radius 2 is 1.57 bits per heavy atom. The van der Waals surface area contributed by atoms with Crippen LogP contribution >= 0.6 is 15.9 Å². The summed E-state index contributed by atoms with van der Waals surface area (Å²) in [5, 5.41) is 3.47. The molecule has 0 aromatic heterocycles. The second-order valence-corrected chi connectivity index (χ2v) is 8.28. The van der Waals surface area contributed by atoms with E-state index in [4.69, 9.17) is 11.2 Å². The van der Waals surface area contributed by atoms with Gasteiger partial charge in [-0.15, -0.1) is 6.42 Å². The normalized spacial score (nSPS) is 10.5. The van der Waals surface area contributed by atoms with Crippen molar-refractivity contribution in [1.29, 1.82) is 0 Å². The first-order valence-electron chi connectivity index (χ1n) is 9.73. The molecule has 0 amide bonds. The van der Waals surface area contributed by atoms with Gasteiger partial charge in [0.1, 0.15) is 6.61 Å². The van der Waals surface area contributed by atoms with Crippen LogP contribution in [0, 0.1) is 26.2 Å². The molecule has 30 heavy (non-hydrogen) atoms. The van der Waals surface area contributed by atoms with Crippen LogP contribution in [0.1, 0.15) is 43.7 Å². The number of benzene rings is 3. The van der Waals surface area contributed by atoms with Crippen LogP contribution in [-0.4, -0.2) is 5.97 Å². The summed E-state index contributed by atoms with van der Waals surface area (Å²) >= 11 is 3.36. The molecule has 0 bridgehead atoms. The smallest absolute Gasteiger partial charge is 0.338 e. The third kappa shape index (κ3) is 6.32. The number of rotatable bonds is 7. The first kappa shape index (κ1) is 21.8. The molecule has 3 aromatic rings. The van der Waals surface area contributed by atoms with E-state index in [9.17, 15) is 4.79 Å². The number of carbonyl (C=O) groups is 1. The van der Waals surface area contributed by atoms with Gasteiger partial charge in [-0.2, -0.15) is 0 Å². The lowest BCUT2D eigenvalue weighted by molar-refractivity contribution is 0.0472. The van der Waals surface area contributed by atoms with Gasteiger partial charge < -0.3 is 10.1 Å². The molecule has 0 radical (unpaired) electrons. The Kier molecular flexibility index (Phi) is 7.46. The van der Waals surface area contributed by atoms with Gasteiger partial charge in [0, 0.05) is 23.1 Å². The molecule has 0 saturated carbocycles. The van der Waals surface area contributed by atoms with Crippen molar-refractivity contribution in [1.82, 2.24) is 5.32 Å². The summed E-state index contributed by atoms with van der Waals surface area (Å²) in [5.41, 5.74) is 7.04. The Hall–Kier alpha value is -2.87. The topological polar surface area (TPSA) is 38.3 Å². The van der Waals surface area contributed by atoms with E-state index >= 15 is 0 Å². The molecule has 4 heteroatoms. The number of terminal acetylenes is 1. The fourth-order valence-corrected chi connectivity index (χ4v) is 3.79. The minimum atomic E-state index is -0.396. The molecule has 0 saturated heterocycles. The summed E-state index contributed by atoms with van der Waals surface area (Å²) in [6.45, 7) is 6.06. The van der Waals surface area contributed by atoms with Gasteiger partial charge in [0.25, 0.3) is 0 Å². The van der Waals surface area contributed by atoms with Gasteiger partial charge in [-0.25, -0.2) is 4.79 Å². The molecule has 0 heterocycles. The highest BCUT2D eigenvalue weighted by molar-refractivity contribution is 9.10. The van der Waals surface area contributed by atoms with E-state index in [2.05, 4.69) is 59.2 Å². The third-order valence-corrected chi connectivity index (χ3v) is 5.09. The van der Waals surface area contributed by atoms with E-state index in [0.29, 0.717) is 11.1 Å². The molecule has 0 unspecified atom stereocenters.